The Bertz CT molecular complexity index is 936. The summed E-state index contributed by atoms with van der Waals surface area (Å²) in [6.45, 7) is 0.513. The monoisotopic (exact) mass is 361 g/mol. The molecule has 3 rings (SSSR count). The minimum atomic E-state index is -0.0254. The molecule has 0 unspecified atom stereocenters. The highest BCUT2D eigenvalue weighted by molar-refractivity contribution is 5.95. The van der Waals surface area contributed by atoms with Gasteiger partial charge in [0.15, 0.2) is 0 Å². The standard InChI is InChI=1S/C23H23NO3/c1-24(16-17-7-4-11-21(13-17)26-2)23(25)20-10-5-8-18(14-20)19-9-6-12-22(15-19)27-3/h4-15H,16H2,1-3H3. The van der Waals surface area contributed by atoms with Crippen molar-refractivity contribution in [3.8, 4) is 22.6 Å². The molecule has 4 heteroatoms. The molecule has 0 spiro atoms. The molecular formula is C23H23NO3. The van der Waals surface area contributed by atoms with E-state index in [2.05, 4.69) is 0 Å². The molecule has 0 heterocycles. The number of hydrogen-bond acceptors (Lipinski definition) is 3. The molecule has 0 atom stereocenters. The first-order valence-electron chi connectivity index (χ1n) is 8.73. The van der Waals surface area contributed by atoms with E-state index < -0.39 is 0 Å². The maximum absolute atomic E-state index is 12.9. The molecule has 0 aliphatic rings. The largest absolute Gasteiger partial charge is 0.497 e. The normalized spacial score (nSPS) is 10.3. The second-order valence-corrected chi connectivity index (χ2v) is 6.33. The van der Waals surface area contributed by atoms with Crippen LogP contribution in [-0.4, -0.2) is 32.1 Å². The number of amides is 1. The first-order chi connectivity index (χ1) is 13.1. The molecule has 0 aliphatic heterocycles. The third kappa shape index (κ3) is 4.47. The summed E-state index contributed by atoms with van der Waals surface area (Å²) in [6.07, 6.45) is 0. The van der Waals surface area contributed by atoms with Gasteiger partial charge in [0.05, 0.1) is 14.2 Å². The Morgan fingerprint density at radius 2 is 1.41 bits per heavy atom. The third-order valence-corrected chi connectivity index (χ3v) is 4.41. The van der Waals surface area contributed by atoms with Gasteiger partial charge in [-0.25, -0.2) is 0 Å². The predicted octanol–water partition coefficient (Wildman–Crippen LogP) is 4.64. The van der Waals surface area contributed by atoms with Crippen molar-refractivity contribution in [1.82, 2.24) is 4.90 Å². The van der Waals surface area contributed by atoms with Crippen molar-refractivity contribution in [3.05, 3.63) is 83.9 Å². The quantitative estimate of drug-likeness (QED) is 0.642. The number of carbonyl (C=O) groups excluding carboxylic acids is 1. The van der Waals surface area contributed by atoms with Crippen molar-refractivity contribution >= 4 is 5.91 Å². The van der Waals surface area contributed by atoms with Crippen LogP contribution in [0.25, 0.3) is 11.1 Å². The molecule has 0 fully saturated rings. The van der Waals surface area contributed by atoms with E-state index in [0.717, 1.165) is 28.2 Å². The van der Waals surface area contributed by atoms with Gasteiger partial charge in [-0.15, -0.1) is 0 Å². The minimum absolute atomic E-state index is 0.0254. The SMILES string of the molecule is COc1cccc(CN(C)C(=O)c2cccc(-c3cccc(OC)c3)c2)c1. The van der Waals surface area contributed by atoms with E-state index in [9.17, 15) is 4.79 Å². The lowest BCUT2D eigenvalue weighted by Gasteiger charge is -2.18. The zero-order valence-electron chi connectivity index (χ0n) is 15.8. The van der Waals surface area contributed by atoms with E-state index in [1.165, 1.54) is 0 Å². The molecule has 0 saturated heterocycles. The first kappa shape index (κ1) is 18.5. The zero-order valence-corrected chi connectivity index (χ0v) is 15.8. The van der Waals surface area contributed by atoms with Gasteiger partial charge >= 0.3 is 0 Å². The fraction of sp³-hybridized carbons (Fsp3) is 0.174. The van der Waals surface area contributed by atoms with Crippen LogP contribution in [0.3, 0.4) is 0 Å². The van der Waals surface area contributed by atoms with Crippen LogP contribution in [0.4, 0.5) is 0 Å². The van der Waals surface area contributed by atoms with Gasteiger partial charge in [0.2, 0.25) is 0 Å². The number of rotatable bonds is 6. The van der Waals surface area contributed by atoms with Crippen molar-refractivity contribution in [3.63, 3.8) is 0 Å². The number of methoxy groups -OCH3 is 2. The molecule has 0 bridgehead atoms. The Morgan fingerprint density at radius 1 is 0.815 bits per heavy atom. The van der Waals surface area contributed by atoms with E-state index in [-0.39, 0.29) is 5.91 Å². The van der Waals surface area contributed by atoms with E-state index in [1.807, 2.05) is 72.8 Å². The Kier molecular flexibility index (Phi) is 5.77. The Hall–Kier alpha value is -3.27. The fourth-order valence-corrected chi connectivity index (χ4v) is 2.97. The lowest BCUT2D eigenvalue weighted by molar-refractivity contribution is 0.0785. The van der Waals surface area contributed by atoms with Crippen molar-refractivity contribution in [2.75, 3.05) is 21.3 Å². The Labute approximate surface area is 160 Å². The highest BCUT2D eigenvalue weighted by Crippen LogP contribution is 2.25. The van der Waals surface area contributed by atoms with Crippen molar-refractivity contribution in [1.29, 1.82) is 0 Å². The van der Waals surface area contributed by atoms with E-state index in [0.29, 0.717) is 12.1 Å². The molecule has 4 nitrogen and oxygen atoms in total. The number of ether oxygens (including phenoxy) is 2. The fourth-order valence-electron chi connectivity index (χ4n) is 2.97. The topological polar surface area (TPSA) is 38.8 Å². The van der Waals surface area contributed by atoms with Crippen LogP contribution in [0.2, 0.25) is 0 Å². The van der Waals surface area contributed by atoms with Gasteiger partial charge in [-0.2, -0.15) is 0 Å². The summed E-state index contributed by atoms with van der Waals surface area (Å²) in [4.78, 5) is 14.6. The van der Waals surface area contributed by atoms with Gasteiger partial charge in [-0.1, -0.05) is 36.4 Å². The highest BCUT2D eigenvalue weighted by atomic mass is 16.5. The maximum atomic E-state index is 12.9. The van der Waals surface area contributed by atoms with E-state index in [4.69, 9.17) is 9.47 Å². The molecule has 27 heavy (non-hydrogen) atoms. The smallest absolute Gasteiger partial charge is 0.253 e. The molecule has 3 aromatic rings. The van der Waals surface area contributed by atoms with Crippen molar-refractivity contribution < 1.29 is 14.3 Å². The minimum Gasteiger partial charge on any atom is -0.497 e. The van der Waals surface area contributed by atoms with Gasteiger partial charge < -0.3 is 14.4 Å². The van der Waals surface area contributed by atoms with Crippen LogP contribution >= 0.6 is 0 Å². The van der Waals surface area contributed by atoms with Crippen LogP contribution < -0.4 is 9.47 Å². The predicted molar refractivity (Wildman–Crippen MR) is 107 cm³/mol. The lowest BCUT2D eigenvalue weighted by Crippen LogP contribution is -2.26. The molecule has 0 radical (unpaired) electrons. The van der Waals surface area contributed by atoms with Crippen LogP contribution in [0.1, 0.15) is 15.9 Å². The number of carbonyl (C=O) groups is 1. The summed E-state index contributed by atoms with van der Waals surface area (Å²) in [5.74, 6) is 1.55. The molecule has 0 N–H and O–H groups in total. The zero-order chi connectivity index (χ0) is 19.2. The second kappa shape index (κ2) is 8.41. The molecule has 0 aliphatic carbocycles. The van der Waals surface area contributed by atoms with E-state index in [1.54, 1.807) is 26.2 Å². The van der Waals surface area contributed by atoms with Crippen LogP contribution in [-0.2, 0) is 6.54 Å². The molecule has 0 aromatic heterocycles. The van der Waals surface area contributed by atoms with E-state index >= 15 is 0 Å². The summed E-state index contributed by atoms with van der Waals surface area (Å²) >= 11 is 0. The van der Waals surface area contributed by atoms with Crippen molar-refractivity contribution in [2.24, 2.45) is 0 Å². The van der Waals surface area contributed by atoms with Crippen molar-refractivity contribution in [2.45, 2.75) is 6.54 Å². The molecule has 0 saturated carbocycles. The van der Waals surface area contributed by atoms with Gasteiger partial charge in [0, 0.05) is 19.2 Å². The Morgan fingerprint density at radius 3 is 2.11 bits per heavy atom. The summed E-state index contributed by atoms with van der Waals surface area (Å²) in [7, 11) is 5.09. The highest BCUT2D eigenvalue weighted by Gasteiger charge is 2.13. The number of benzene rings is 3. The van der Waals surface area contributed by atoms with Gasteiger partial charge in [-0.05, 0) is 53.1 Å². The summed E-state index contributed by atoms with van der Waals surface area (Å²) in [5, 5.41) is 0. The van der Waals surface area contributed by atoms with Gasteiger partial charge in [-0.3, -0.25) is 4.79 Å². The summed E-state index contributed by atoms with van der Waals surface area (Å²) < 4.78 is 10.5. The molecular weight excluding hydrogens is 338 g/mol. The molecule has 1 amide bonds. The summed E-state index contributed by atoms with van der Waals surface area (Å²) in [5.41, 5.74) is 3.67. The molecule has 138 valence electrons. The average molecular weight is 361 g/mol. The number of hydrogen-bond donors (Lipinski definition) is 0. The lowest BCUT2D eigenvalue weighted by atomic mass is 10.0. The Balaban J connectivity index is 1.80. The average Bonchev–Trinajstić information content (AvgIpc) is 2.73. The maximum Gasteiger partial charge on any atom is 0.253 e. The molecule has 3 aromatic carbocycles. The third-order valence-electron chi connectivity index (χ3n) is 4.41. The van der Waals surface area contributed by atoms with Crippen LogP contribution in [0, 0.1) is 0 Å². The second-order valence-electron chi connectivity index (χ2n) is 6.33. The number of nitrogens with zero attached hydrogens (tertiary/aromatic N) is 1. The van der Waals surface area contributed by atoms with Crippen LogP contribution in [0.5, 0.6) is 11.5 Å². The van der Waals surface area contributed by atoms with Gasteiger partial charge in [0.1, 0.15) is 11.5 Å². The first-order valence-corrected chi connectivity index (χ1v) is 8.73. The van der Waals surface area contributed by atoms with Gasteiger partial charge in [0.25, 0.3) is 5.91 Å². The summed E-state index contributed by atoms with van der Waals surface area (Å²) in [6, 6.07) is 23.2. The van der Waals surface area contributed by atoms with Crippen LogP contribution in [0.15, 0.2) is 72.8 Å².